The van der Waals surface area contributed by atoms with Crippen LogP contribution < -0.4 is 11.1 Å². The number of fused-ring (bicyclic) bond motifs is 2. The van der Waals surface area contributed by atoms with E-state index in [2.05, 4.69) is 15.3 Å². The van der Waals surface area contributed by atoms with Crippen molar-refractivity contribution in [3.05, 3.63) is 64.9 Å². The van der Waals surface area contributed by atoms with Gasteiger partial charge in [0.1, 0.15) is 5.82 Å². The lowest BCUT2D eigenvalue weighted by Gasteiger charge is -2.04. The van der Waals surface area contributed by atoms with Crippen LogP contribution in [0.4, 0.5) is 0 Å². The number of benzene rings is 2. The van der Waals surface area contributed by atoms with Crippen molar-refractivity contribution in [2.75, 3.05) is 0 Å². The first-order valence-corrected chi connectivity index (χ1v) is 7.99. The Morgan fingerprint density at radius 3 is 2.84 bits per heavy atom. The van der Waals surface area contributed by atoms with Gasteiger partial charge in [-0.25, -0.2) is 9.78 Å². The molecule has 4 aromatic rings. The predicted molar refractivity (Wildman–Crippen MR) is 93.0 cm³/mol. The van der Waals surface area contributed by atoms with Crippen molar-refractivity contribution in [1.82, 2.24) is 19.9 Å². The number of aryl methyl sites for hydroxylation is 1. The third-order valence-electron chi connectivity index (χ3n) is 4.03. The molecule has 0 saturated heterocycles. The minimum absolute atomic E-state index is 0.155. The molecule has 0 aliphatic carbocycles. The number of aromatic nitrogens is 3. The first-order valence-electron chi connectivity index (χ1n) is 7.99. The summed E-state index contributed by atoms with van der Waals surface area (Å²) in [7, 11) is 0. The highest BCUT2D eigenvalue weighted by Crippen LogP contribution is 2.12. The van der Waals surface area contributed by atoms with E-state index in [4.69, 9.17) is 4.42 Å². The zero-order chi connectivity index (χ0) is 17.2. The SMILES string of the molecule is O=C(CCn1c(=O)oc2ccccc21)NCc1nc2ccccc2[nH]1. The third-order valence-corrected chi connectivity index (χ3v) is 4.03. The van der Waals surface area contributed by atoms with E-state index in [0.717, 1.165) is 11.0 Å². The van der Waals surface area contributed by atoms with Crippen molar-refractivity contribution in [3.8, 4) is 0 Å². The Morgan fingerprint density at radius 1 is 1.16 bits per heavy atom. The van der Waals surface area contributed by atoms with Gasteiger partial charge >= 0.3 is 5.76 Å². The second kappa shape index (κ2) is 6.27. The Kier molecular flexibility index (Phi) is 3.81. The monoisotopic (exact) mass is 336 g/mol. The smallest absolute Gasteiger partial charge is 0.408 e. The molecule has 2 N–H and O–H groups in total. The molecule has 126 valence electrons. The van der Waals surface area contributed by atoms with Crippen LogP contribution >= 0.6 is 0 Å². The number of carbonyl (C=O) groups excluding carboxylic acids is 1. The Hall–Kier alpha value is -3.35. The van der Waals surface area contributed by atoms with Gasteiger partial charge in [0.05, 0.1) is 23.1 Å². The molecule has 0 aliphatic heterocycles. The number of nitrogens with one attached hydrogen (secondary N) is 2. The highest BCUT2D eigenvalue weighted by Gasteiger charge is 2.10. The predicted octanol–water partition coefficient (Wildman–Crippen LogP) is 2.18. The fraction of sp³-hybridized carbons (Fsp3) is 0.167. The molecule has 25 heavy (non-hydrogen) atoms. The lowest BCUT2D eigenvalue weighted by molar-refractivity contribution is -0.121. The quantitative estimate of drug-likeness (QED) is 0.584. The first kappa shape index (κ1) is 15.2. The van der Waals surface area contributed by atoms with Gasteiger partial charge in [-0.2, -0.15) is 0 Å². The highest BCUT2D eigenvalue weighted by atomic mass is 16.4. The van der Waals surface area contributed by atoms with E-state index in [-0.39, 0.29) is 18.9 Å². The molecular weight excluding hydrogens is 320 g/mol. The number of hydrogen-bond acceptors (Lipinski definition) is 4. The molecule has 0 unspecified atom stereocenters. The van der Waals surface area contributed by atoms with Gasteiger partial charge in [-0.3, -0.25) is 9.36 Å². The van der Waals surface area contributed by atoms with Gasteiger partial charge in [-0.1, -0.05) is 24.3 Å². The van der Waals surface area contributed by atoms with E-state index < -0.39 is 5.76 Å². The van der Waals surface area contributed by atoms with Crippen LogP contribution in [-0.2, 0) is 17.9 Å². The average Bonchev–Trinajstić information content (AvgIpc) is 3.18. The van der Waals surface area contributed by atoms with Crippen molar-refractivity contribution in [1.29, 1.82) is 0 Å². The Morgan fingerprint density at radius 2 is 1.96 bits per heavy atom. The van der Waals surface area contributed by atoms with Crippen LogP contribution in [0.5, 0.6) is 0 Å². The van der Waals surface area contributed by atoms with Crippen molar-refractivity contribution in [3.63, 3.8) is 0 Å². The number of para-hydroxylation sites is 4. The first-order chi connectivity index (χ1) is 12.2. The molecule has 7 nitrogen and oxygen atoms in total. The average molecular weight is 336 g/mol. The van der Waals surface area contributed by atoms with E-state index in [0.29, 0.717) is 23.5 Å². The highest BCUT2D eigenvalue weighted by molar-refractivity contribution is 5.77. The zero-order valence-electron chi connectivity index (χ0n) is 13.4. The van der Waals surface area contributed by atoms with Crippen LogP contribution in [-0.4, -0.2) is 20.4 Å². The summed E-state index contributed by atoms with van der Waals surface area (Å²) in [6.07, 6.45) is 0.184. The van der Waals surface area contributed by atoms with E-state index in [1.165, 1.54) is 4.57 Å². The summed E-state index contributed by atoms with van der Waals surface area (Å²) in [6.45, 7) is 0.580. The number of H-pyrrole nitrogens is 1. The topological polar surface area (TPSA) is 92.9 Å². The van der Waals surface area contributed by atoms with Gasteiger partial charge in [-0.15, -0.1) is 0 Å². The molecule has 0 saturated carbocycles. The third kappa shape index (κ3) is 3.03. The summed E-state index contributed by atoms with van der Waals surface area (Å²) >= 11 is 0. The Bertz CT molecular complexity index is 1070. The molecule has 0 radical (unpaired) electrons. The maximum absolute atomic E-state index is 12.1. The summed E-state index contributed by atoms with van der Waals surface area (Å²) in [4.78, 5) is 31.5. The van der Waals surface area contributed by atoms with Gasteiger partial charge in [-0.05, 0) is 24.3 Å². The van der Waals surface area contributed by atoms with Crippen LogP contribution in [0.1, 0.15) is 12.2 Å². The van der Waals surface area contributed by atoms with Crippen molar-refractivity contribution in [2.24, 2.45) is 0 Å². The van der Waals surface area contributed by atoms with Gasteiger partial charge in [0, 0.05) is 13.0 Å². The largest absolute Gasteiger partial charge is 0.419 e. The van der Waals surface area contributed by atoms with Crippen LogP contribution in [0.2, 0.25) is 0 Å². The molecular formula is C18H16N4O3. The molecule has 1 amide bonds. The Balaban J connectivity index is 1.39. The molecule has 0 fully saturated rings. The lowest BCUT2D eigenvalue weighted by Crippen LogP contribution is -2.26. The fourth-order valence-electron chi connectivity index (χ4n) is 2.80. The number of hydrogen-bond donors (Lipinski definition) is 2. The minimum atomic E-state index is -0.453. The standard InChI is InChI=1S/C18H16N4O3/c23-17(19-11-16-20-12-5-1-2-6-13(12)21-16)9-10-22-14-7-3-4-8-15(14)25-18(22)24/h1-8H,9-11H2,(H,19,23)(H,20,21). The maximum Gasteiger partial charge on any atom is 0.419 e. The van der Waals surface area contributed by atoms with Crippen LogP contribution in [0, 0.1) is 0 Å². The molecule has 0 aliphatic rings. The second-order valence-corrected chi connectivity index (χ2v) is 5.71. The van der Waals surface area contributed by atoms with Gasteiger partial charge in [0.15, 0.2) is 5.58 Å². The van der Waals surface area contributed by atoms with Crippen molar-refractivity contribution >= 4 is 28.0 Å². The zero-order valence-corrected chi connectivity index (χ0v) is 13.4. The summed E-state index contributed by atoms with van der Waals surface area (Å²) in [5.41, 5.74) is 3.01. The normalized spacial score (nSPS) is 11.2. The van der Waals surface area contributed by atoms with E-state index in [9.17, 15) is 9.59 Å². The van der Waals surface area contributed by atoms with E-state index >= 15 is 0 Å². The molecule has 2 aromatic heterocycles. The number of nitrogens with zero attached hydrogens (tertiary/aromatic N) is 2. The number of carbonyl (C=O) groups is 1. The van der Waals surface area contributed by atoms with Crippen LogP contribution in [0.25, 0.3) is 22.1 Å². The lowest BCUT2D eigenvalue weighted by atomic mass is 10.3. The van der Waals surface area contributed by atoms with Crippen molar-refractivity contribution in [2.45, 2.75) is 19.5 Å². The van der Waals surface area contributed by atoms with Gasteiger partial charge in [0.25, 0.3) is 0 Å². The summed E-state index contributed by atoms with van der Waals surface area (Å²) in [5.74, 6) is 0.0874. The Labute approximate surface area is 142 Å². The number of imidazole rings is 1. The molecule has 4 rings (SSSR count). The maximum atomic E-state index is 12.1. The van der Waals surface area contributed by atoms with Crippen LogP contribution in [0.15, 0.2) is 57.7 Å². The molecule has 2 aromatic carbocycles. The van der Waals surface area contributed by atoms with Crippen LogP contribution in [0.3, 0.4) is 0 Å². The summed E-state index contributed by atoms with van der Waals surface area (Å²) < 4.78 is 6.62. The number of aromatic amines is 1. The molecule has 0 bridgehead atoms. The minimum Gasteiger partial charge on any atom is -0.408 e. The summed E-state index contributed by atoms with van der Waals surface area (Å²) in [6, 6.07) is 14.8. The number of rotatable bonds is 5. The molecule has 0 atom stereocenters. The summed E-state index contributed by atoms with van der Waals surface area (Å²) in [5, 5.41) is 2.81. The number of oxazole rings is 1. The van der Waals surface area contributed by atoms with E-state index in [1.807, 2.05) is 30.3 Å². The second-order valence-electron chi connectivity index (χ2n) is 5.71. The van der Waals surface area contributed by atoms with Gasteiger partial charge in [0.2, 0.25) is 5.91 Å². The van der Waals surface area contributed by atoms with E-state index in [1.54, 1.807) is 18.2 Å². The van der Waals surface area contributed by atoms with Crippen molar-refractivity contribution < 1.29 is 9.21 Å². The number of amides is 1. The molecule has 7 heteroatoms. The molecule has 0 spiro atoms. The fourth-order valence-corrected chi connectivity index (χ4v) is 2.80. The van der Waals surface area contributed by atoms with Gasteiger partial charge < -0.3 is 14.7 Å². The molecule has 2 heterocycles.